The molecule has 0 saturated heterocycles. The van der Waals surface area contributed by atoms with E-state index in [9.17, 15) is 0 Å². The molecule has 0 aliphatic heterocycles. The number of aliphatic hydroxyl groups excluding tert-OH is 1. The SMILES string of the molecule is OCCCCNCc1nnnn1-c1ccccc1. The lowest BCUT2D eigenvalue weighted by molar-refractivity contribution is 0.283. The Balaban J connectivity index is 1.92. The van der Waals surface area contributed by atoms with Gasteiger partial charge in [0.15, 0.2) is 5.82 Å². The zero-order valence-corrected chi connectivity index (χ0v) is 10.2. The lowest BCUT2D eigenvalue weighted by Gasteiger charge is -2.05. The number of hydrogen-bond donors (Lipinski definition) is 2. The summed E-state index contributed by atoms with van der Waals surface area (Å²) in [5.41, 5.74) is 0.953. The molecule has 0 radical (unpaired) electrons. The number of para-hydroxylation sites is 1. The maximum Gasteiger partial charge on any atom is 0.170 e. The van der Waals surface area contributed by atoms with E-state index in [2.05, 4.69) is 20.8 Å². The fourth-order valence-electron chi connectivity index (χ4n) is 1.65. The Kier molecular flexibility index (Phi) is 4.80. The molecule has 0 amide bonds. The fraction of sp³-hybridized carbons (Fsp3) is 0.417. The third-order valence-corrected chi connectivity index (χ3v) is 2.58. The molecule has 6 nitrogen and oxygen atoms in total. The van der Waals surface area contributed by atoms with Crippen LogP contribution in [-0.4, -0.2) is 38.5 Å². The Morgan fingerprint density at radius 3 is 2.78 bits per heavy atom. The van der Waals surface area contributed by atoms with E-state index in [-0.39, 0.29) is 6.61 Å². The van der Waals surface area contributed by atoms with Crippen molar-refractivity contribution in [1.29, 1.82) is 0 Å². The van der Waals surface area contributed by atoms with E-state index in [0.29, 0.717) is 6.54 Å². The number of nitrogens with zero attached hydrogens (tertiary/aromatic N) is 4. The van der Waals surface area contributed by atoms with Gasteiger partial charge < -0.3 is 10.4 Å². The summed E-state index contributed by atoms with van der Waals surface area (Å²) >= 11 is 0. The molecule has 0 fully saturated rings. The second-order valence-corrected chi connectivity index (χ2v) is 3.95. The number of tetrazole rings is 1. The number of nitrogens with one attached hydrogen (secondary N) is 1. The Bertz CT molecular complexity index is 457. The first-order chi connectivity index (χ1) is 8.92. The van der Waals surface area contributed by atoms with Crippen molar-refractivity contribution in [3.8, 4) is 5.69 Å². The smallest absolute Gasteiger partial charge is 0.170 e. The molecule has 0 saturated carbocycles. The summed E-state index contributed by atoms with van der Waals surface area (Å²) in [6.45, 7) is 1.71. The van der Waals surface area contributed by atoms with Crippen LogP contribution in [0.15, 0.2) is 30.3 Å². The second-order valence-electron chi connectivity index (χ2n) is 3.95. The number of aliphatic hydroxyl groups is 1. The van der Waals surface area contributed by atoms with E-state index in [0.717, 1.165) is 30.9 Å². The van der Waals surface area contributed by atoms with Gasteiger partial charge in [0.05, 0.1) is 12.2 Å². The average molecular weight is 247 g/mol. The van der Waals surface area contributed by atoms with E-state index in [1.54, 1.807) is 4.68 Å². The number of unbranched alkanes of at least 4 members (excludes halogenated alkanes) is 1. The van der Waals surface area contributed by atoms with Crippen LogP contribution in [0.3, 0.4) is 0 Å². The molecule has 0 aliphatic carbocycles. The van der Waals surface area contributed by atoms with E-state index in [4.69, 9.17) is 5.11 Å². The minimum atomic E-state index is 0.240. The van der Waals surface area contributed by atoms with Crippen LogP contribution in [0.25, 0.3) is 5.69 Å². The molecule has 0 aliphatic rings. The molecule has 0 bridgehead atoms. The van der Waals surface area contributed by atoms with Gasteiger partial charge in [0.25, 0.3) is 0 Å². The minimum absolute atomic E-state index is 0.240. The van der Waals surface area contributed by atoms with E-state index in [1.165, 1.54) is 0 Å². The van der Waals surface area contributed by atoms with Crippen molar-refractivity contribution in [3.05, 3.63) is 36.2 Å². The van der Waals surface area contributed by atoms with Crippen LogP contribution < -0.4 is 5.32 Å². The highest BCUT2D eigenvalue weighted by Crippen LogP contribution is 2.06. The summed E-state index contributed by atoms with van der Waals surface area (Å²) in [7, 11) is 0. The van der Waals surface area contributed by atoms with Gasteiger partial charge in [-0.05, 0) is 41.9 Å². The van der Waals surface area contributed by atoms with Crippen molar-refractivity contribution >= 4 is 0 Å². The van der Waals surface area contributed by atoms with Gasteiger partial charge in [-0.25, -0.2) is 0 Å². The average Bonchev–Trinajstić information content (AvgIpc) is 2.88. The summed E-state index contributed by atoms with van der Waals surface area (Å²) in [6, 6.07) is 9.79. The van der Waals surface area contributed by atoms with Crippen molar-refractivity contribution in [3.63, 3.8) is 0 Å². The van der Waals surface area contributed by atoms with Crippen LogP contribution in [0.4, 0.5) is 0 Å². The molecule has 0 atom stereocenters. The highest BCUT2D eigenvalue weighted by Gasteiger charge is 2.06. The molecule has 1 aromatic carbocycles. The molecule has 0 spiro atoms. The van der Waals surface area contributed by atoms with Crippen molar-refractivity contribution in [2.45, 2.75) is 19.4 Å². The van der Waals surface area contributed by atoms with Gasteiger partial charge in [-0.15, -0.1) is 5.10 Å². The van der Waals surface area contributed by atoms with Gasteiger partial charge >= 0.3 is 0 Å². The van der Waals surface area contributed by atoms with Gasteiger partial charge in [0, 0.05) is 6.61 Å². The first-order valence-electron chi connectivity index (χ1n) is 6.06. The third kappa shape index (κ3) is 3.35. The number of hydrogen-bond acceptors (Lipinski definition) is 5. The van der Waals surface area contributed by atoms with Gasteiger partial charge in [-0.3, -0.25) is 0 Å². The predicted octanol–water partition coefficient (Wildman–Crippen LogP) is 0.524. The van der Waals surface area contributed by atoms with E-state index >= 15 is 0 Å². The minimum Gasteiger partial charge on any atom is -0.396 e. The van der Waals surface area contributed by atoms with E-state index < -0.39 is 0 Å². The van der Waals surface area contributed by atoms with Crippen molar-refractivity contribution in [2.75, 3.05) is 13.2 Å². The first-order valence-corrected chi connectivity index (χ1v) is 6.06. The zero-order valence-electron chi connectivity index (χ0n) is 10.2. The van der Waals surface area contributed by atoms with Crippen molar-refractivity contribution in [1.82, 2.24) is 25.5 Å². The lowest BCUT2D eigenvalue weighted by Crippen LogP contribution is -2.18. The molecule has 96 valence electrons. The molecule has 6 heteroatoms. The van der Waals surface area contributed by atoms with Crippen LogP contribution in [0, 0.1) is 0 Å². The molecular formula is C12H17N5O. The molecule has 0 unspecified atom stereocenters. The number of benzene rings is 1. The Hall–Kier alpha value is -1.79. The molecule has 2 aromatic rings. The largest absolute Gasteiger partial charge is 0.396 e. The third-order valence-electron chi connectivity index (χ3n) is 2.58. The molecule has 18 heavy (non-hydrogen) atoms. The Morgan fingerprint density at radius 2 is 2.00 bits per heavy atom. The lowest BCUT2D eigenvalue weighted by atomic mass is 10.3. The molecule has 2 rings (SSSR count). The van der Waals surface area contributed by atoms with Crippen molar-refractivity contribution < 1.29 is 5.11 Å². The first kappa shape index (κ1) is 12.7. The van der Waals surface area contributed by atoms with Crippen LogP contribution in [-0.2, 0) is 6.54 Å². The topological polar surface area (TPSA) is 75.9 Å². The molecule has 1 aromatic heterocycles. The van der Waals surface area contributed by atoms with Crippen LogP contribution in [0.2, 0.25) is 0 Å². The Morgan fingerprint density at radius 1 is 1.17 bits per heavy atom. The van der Waals surface area contributed by atoms with Crippen LogP contribution in [0.1, 0.15) is 18.7 Å². The van der Waals surface area contributed by atoms with Gasteiger partial charge in [-0.2, -0.15) is 4.68 Å². The highest BCUT2D eigenvalue weighted by molar-refractivity contribution is 5.30. The number of aromatic nitrogens is 4. The summed E-state index contributed by atoms with van der Waals surface area (Å²) in [5.74, 6) is 0.783. The summed E-state index contributed by atoms with van der Waals surface area (Å²) in [4.78, 5) is 0. The summed E-state index contributed by atoms with van der Waals surface area (Å²) in [5, 5.41) is 23.6. The quantitative estimate of drug-likeness (QED) is 0.698. The van der Waals surface area contributed by atoms with Crippen molar-refractivity contribution in [2.24, 2.45) is 0 Å². The maximum atomic E-state index is 8.68. The highest BCUT2D eigenvalue weighted by atomic mass is 16.2. The normalized spacial score (nSPS) is 10.7. The predicted molar refractivity (Wildman–Crippen MR) is 67.2 cm³/mol. The van der Waals surface area contributed by atoms with Gasteiger partial charge in [0.2, 0.25) is 0 Å². The van der Waals surface area contributed by atoms with Crippen LogP contribution >= 0.6 is 0 Å². The fourth-order valence-corrected chi connectivity index (χ4v) is 1.65. The molecule has 1 heterocycles. The monoisotopic (exact) mass is 247 g/mol. The standard InChI is InChI=1S/C12H17N5O/c18-9-5-4-8-13-10-12-14-15-16-17(12)11-6-2-1-3-7-11/h1-3,6-7,13,18H,4-5,8-10H2. The summed E-state index contributed by atoms with van der Waals surface area (Å²) < 4.78 is 1.72. The van der Waals surface area contributed by atoms with Gasteiger partial charge in [0.1, 0.15) is 0 Å². The van der Waals surface area contributed by atoms with Gasteiger partial charge in [-0.1, -0.05) is 18.2 Å². The van der Waals surface area contributed by atoms with Crippen LogP contribution in [0.5, 0.6) is 0 Å². The summed E-state index contributed by atoms with van der Waals surface area (Å²) in [6.07, 6.45) is 1.76. The maximum absolute atomic E-state index is 8.68. The second kappa shape index (κ2) is 6.83. The number of rotatable bonds is 7. The molecular weight excluding hydrogens is 230 g/mol. The van der Waals surface area contributed by atoms with E-state index in [1.807, 2.05) is 30.3 Å². The Labute approximate surface area is 106 Å². The molecule has 2 N–H and O–H groups in total. The zero-order chi connectivity index (χ0) is 12.6.